The van der Waals surface area contributed by atoms with Crippen molar-refractivity contribution in [1.82, 2.24) is 4.90 Å². The van der Waals surface area contributed by atoms with Crippen LogP contribution in [0.3, 0.4) is 0 Å². The van der Waals surface area contributed by atoms with Gasteiger partial charge in [-0.05, 0) is 12.8 Å². The third kappa shape index (κ3) is 5.04. The summed E-state index contributed by atoms with van der Waals surface area (Å²) < 4.78 is 5.57. The number of unbranched alkanes of at least 4 members (excludes halogenated alkanes) is 8. The summed E-state index contributed by atoms with van der Waals surface area (Å²) in [7, 11) is 0. The van der Waals surface area contributed by atoms with Gasteiger partial charge in [0.25, 0.3) is 0 Å². The van der Waals surface area contributed by atoms with Crippen molar-refractivity contribution < 1.29 is 9.84 Å². The molecule has 0 saturated carbocycles. The molecule has 22 heavy (non-hydrogen) atoms. The van der Waals surface area contributed by atoms with Gasteiger partial charge in [-0.3, -0.25) is 9.89 Å². The lowest BCUT2D eigenvalue weighted by atomic mass is 9.96. The van der Waals surface area contributed by atoms with Gasteiger partial charge in [0.05, 0.1) is 13.2 Å². The number of aliphatic hydroxyl groups excluding tert-OH is 1. The van der Waals surface area contributed by atoms with Crippen molar-refractivity contribution in [2.75, 3.05) is 26.3 Å². The number of β-amino-alcohol motifs (C(OH)–C–C–N with tert-alkyl or cyclic N) is 1. The van der Waals surface area contributed by atoms with Crippen LogP contribution in [0, 0.1) is 0 Å². The highest BCUT2D eigenvalue weighted by atomic mass is 16.6. The van der Waals surface area contributed by atoms with Crippen molar-refractivity contribution in [1.29, 1.82) is 0 Å². The van der Waals surface area contributed by atoms with Crippen molar-refractivity contribution >= 4 is 6.21 Å². The van der Waals surface area contributed by atoms with E-state index in [1.165, 1.54) is 57.8 Å². The molecule has 0 aromatic heterocycles. The molecule has 128 valence electrons. The van der Waals surface area contributed by atoms with Crippen molar-refractivity contribution in [2.24, 2.45) is 4.99 Å². The Bertz CT molecular complexity index is 331. The van der Waals surface area contributed by atoms with Crippen LogP contribution in [0.1, 0.15) is 71.1 Å². The van der Waals surface area contributed by atoms with Crippen LogP contribution in [0.5, 0.6) is 0 Å². The van der Waals surface area contributed by atoms with Crippen LogP contribution in [-0.4, -0.2) is 54.3 Å². The molecular weight excluding hydrogens is 276 g/mol. The minimum absolute atomic E-state index is 0.163. The van der Waals surface area contributed by atoms with E-state index in [0.29, 0.717) is 6.54 Å². The average molecular weight is 310 g/mol. The third-order valence-electron chi connectivity index (χ3n) is 5.03. The molecule has 0 amide bonds. The lowest BCUT2D eigenvalue weighted by molar-refractivity contribution is 0.0666. The Labute approximate surface area is 135 Å². The minimum Gasteiger partial charge on any atom is -0.395 e. The van der Waals surface area contributed by atoms with Crippen molar-refractivity contribution in [3.8, 4) is 0 Å². The maximum Gasteiger partial charge on any atom is 0.141 e. The van der Waals surface area contributed by atoms with Crippen molar-refractivity contribution in [3.05, 3.63) is 0 Å². The first-order valence-corrected chi connectivity index (χ1v) is 9.34. The summed E-state index contributed by atoms with van der Waals surface area (Å²) in [6.07, 6.45) is 15.5. The Morgan fingerprint density at radius 1 is 1.14 bits per heavy atom. The van der Waals surface area contributed by atoms with E-state index >= 15 is 0 Å². The second kappa shape index (κ2) is 9.64. The van der Waals surface area contributed by atoms with Gasteiger partial charge in [-0.15, -0.1) is 0 Å². The molecule has 2 atom stereocenters. The first kappa shape index (κ1) is 17.9. The minimum atomic E-state index is -0.163. The normalized spacial score (nSPS) is 27.6. The number of ether oxygens (including phenoxy) is 1. The van der Waals surface area contributed by atoms with Gasteiger partial charge in [0.1, 0.15) is 11.8 Å². The molecule has 2 rings (SSSR count). The van der Waals surface area contributed by atoms with Crippen LogP contribution in [0.4, 0.5) is 0 Å². The molecule has 0 radical (unpaired) electrons. The number of nitrogens with zero attached hydrogens (tertiary/aromatic N) is 2. The number of rotatable bonds is 13. The molecule has 0 aromatic rings. The number of aliphatic hydroxyl groups is 1. The first-order chi connectivity index (χ1) is 10.8. The van der Waals surface area contributed by atoms with Crippen LogP contribution in [-0.2, 0) is 4.74 Å². The number of hydrogen-bond acceptors (Lipinski definition) is 4. The fourth-order valence-corrected chi connectivity index (χ4v) is 3.62. The molecule has 0 bridgehead atoms. The predicted octanol–water partition coefficient (Wildman–Crippen LogP) is 3.38. The molecule has 0 aromatic carbocycles. The Balaban J connectivity index is 1.61. The van der Waals surface area contributed by atoms with E-state index in [2.05, 4.69) is 11.8 Å². The Hall–Kier alpha value is -0.450. The fourth-order valence-electron chi connectivity index (χ4n) is 3.62. The van der Waals surface area contributed by atoms with Crippen LogP contribution in [0.2, 0.25) is 0 Å². The zero-order chi connectivity index (χ0) is 15.7. The molecule has 4 heteroatoms. The maximum atomic E-state index is 9.25. The number of epoxide rings is 1. The summed E-state index contributed by atoms with van der Waals surface area (Å²) in [5.74, 6) is 0. The molecule has 2 heterocycles. The van der Waals surface area contributed by atoms with Gasteiger partial charge in [0, 0.05) is 19.3 Å². The van der Waals surface area contributed by atoms with Gasteiger partial charge in [-0.1, -0.05) is 58.3 Å². The lowest BCUT2D eigenvalue weighted by Crippen LogP contribution is -2.49. The highest BCUT2D eigenvalue weighted by molar-refractivity contribution is 5.63. The third-order valence-corrected chi connectivity index (χ3v) is 5.03. The quantitative estimate of drug-likeness (QED) is 0.419. The molecule has 2 aliphatic heterocycles. The monoisotopic (exact) mass is 310 g/mol. The molecule has 1 saturated heterocycles. The average Bonchev–Trinajstić information content (AvgIpc) is 3.30. The van der Waals surface area contributed by atoms with E-state index in [0.717, 1.165) is 19.6 Å². The van der Waals surface area contributed by atoms with Crippen LogP contribution >= 0.6 is 0 Å². The summed E-state index contributed by atoms with van der Waals surface area (Å²) in [5, 5.41) is 9.25. The van der Waals surface area contributed by atoms with Gasteiger partial charge >= 0.3 is 0 Å². The van der Waals surface area contributed by atoms with Gasteiger partial charge in [0.2, 0.25) is 0 Å². The fraction of sp³-hybridized carbons (Fsp3) is 0.944. The van der Waals surface area contributed by atoms with E-state index in [1.54, 1.807) is 0 Å². The van der Waals surface area contributed by atoms with Crippen LogP contribution < -0.4 is 0 Å². The van der Waals surface area contributed by atoms with E-state index in [4.69, 9.17) is 9.73 Å². The van der Waals surface area contributed by atoms with Gasteiger partial charge in [-0.25, -0.2) is 0 Å². The van der Waals surface area contributed by atoms with Crippen LogP contribution in [0.25, 0.3) is 0 Å². The molecule has 1 fully saturated rings. The first-order valence-electron chi connectivity index (χ1n) is 9.34. The zero-order valence-corrected chi connectivity index (χ0v) is 14.3. The molecular formula is C18H34N2O2. The van der Waals surface area contributed by atoms with E-state index < -0.39 is 0 Å². The smallest absolute Gasteiger partial charge is 0.141 e. The van der Waals surface area contributed by atoms with E-state index in [-0.39, 0.29) is 18.4 Å². The lowest BCUT2D eigenvalue weighted by Gasteiger charge is -2.35. The Morgan fingerprint density at radius 2 is 1.77 bits per heavy atom. The van der Waals surface area contributed by atoms with Gasteiger partial charge in [0.15, 0.2) is 0 Å². The summed E-state index contributed by atoms with van der Waals surface area (Å²) in [6, 6.07) is 0. The zero-order valence-electron chi connectivity index (χ0n) is 14.3. The summed E-state index contributed by atoms with van der Waals surface area (Å²) in [6.45, 7) is 4.87. The van der Waals surface area contributed by atoms with Crippen LogP contribution in [0.15, 0.2) is 4.99 Å². The summed E-state index contributed by atoms with van der Waals surface area (Å²) in [5.41, 5.74) is -0.163. The summed E-state index contributed by atoms with van der Waals surface area (Å²) in [4.78, 5) is 7.06. The number of aliphatic imine (C=N–C) groups is 1. The highest BCUT2D eigenvalue weighted by Gasteiger charge is 2.51. The van der Waals surface area contributed by atoms with Gasteiger partial charge < -0.3 is 9.84 Å². The standard InChI is InChI=1S/C18H34N2O2/c1-2-3-4-5-6-7-8-9-10-11-18(17-16-22-17)19-12-13-20(18)14-15-21/h12,17,21H,2-11,13-16H2,1H3. The Morgan fingerprint density at radius 3 is 2.36 bits per heavy atom. The Kier molecular flexibility index (Phi) is 7.84. The van der Waals surface area contributed by atoms with Crippen molar-refractivity contribution in [2.45, 2.75) is 82.9 Å². The van der Waals surface area contributed by atoms with E-state index in [9.17, 15) is 5.11 Å². The molecule has 0 spiro atoms. The molecule has 0 aliphatic carbocycles. The van der Waals surface area contributed by atoms with Crippen molar-refractivity contribution in [3.63, 3.8) is 0 Å². The highest BCUT2D eigenvalue weighted by Crippen LogP contribution is 2.38. The molecule has 1 N–H and O–H groups in total. The topological polar surface area (TPSA) is 48.4 Å². The molecule has 2 unspecified atom stereocenters. The molecule has 4 nitrogen and oxygen atoms in total. The second-order valence-corrected chi connectivity index (χ2v) is 6.76. The maximum absolute atomic E-state index is 9.25. The SMILES string of the molecule is CCCCCCCCCCCC1(C2CO2)N=CCN1CCO. The molecule has 2 aliphatic rings. The van der Waals surface area contributed by atoms with Gasteiger partial charge in [-0.2, -0.15) is 0 Å². The largest absolute Gasteiger partial charge is 0.395 e. The number of hydrogen-bond donors (Lipinski definition) is 1. The second-order valence-electron chi connectivity index (χ2n) is 6.76. The predicted molar refractivity (Wildman–Crippen MR) is 91.5 cm³/mol. The van der Waals surface area contributed by atoms with E-state index in [1.807, 2.05) is 6.21 Å². The summed E-state index contributed by atoms with van der Waals surface area (Å²) >= 11 is 0.